The van der Waals surface area contributed by atoms with Gasteiger partial charge < -0.3 is 5.32 Å². The summed E-state index contributed by atoms with van der Waals surface area (Å²) in [5.41, 5.74) is 5.32. The van der Waals surface area contributed by atoms with Crippen LogP contribution in [-0.4, -0.2) is 31.4 Å². The first kappa shape index (κ1) is 18.1. The zero-order chi connectivity index (χ0) is 18.7. The van der Waals surface area contributed by atoms with E-state index in [4.69, 9.17) is 0 Å². The molecule has 0 aliphatic carbocycles. The van der Waals surface area contributed by atoms with Crippen molar-refractivity contribution < 1.29 is 4.79 Å². The van der Waals surface area contributed by atoms with E-state index in [1.165, 1.54) is 11.8 Å². The minimum Gasteiger partial charge on any atom is -0.323 e. The van der Waals surface area contributed by atoms with Gasteiger partial charge in [-0.2, -0.15) is 5.10 Å². The van der Waals surface area contributed by atoms with Crippen LogP contribution in [0.1, 0.15) is 22.8 Å². The van der Waals surface area contributed by atoms with Crippen molar-refractivity contribution in [2.75, 3.05) is 11.1 Å². The van der Waals surface area contributed by atoms with Crippen molar-refractivity contribution >= 4 is 23.4 Å². The number of aromatic nitrogens is 4. The van der Waals surface area contributed by atoms with Crippen LogP contribution in [0.15, 0.2) is 41.6 Å². The first-order chi connectivity index (χ1) is 12.4. The average molecular weight is 367 g/mol. The molecule has 0 aliphatic rings. The molecule has 0 saturated carbocycles. The number of thioether (sulfide) groups is 1. The third-order valence-corrected chi connectivity index (χ3v) is 4.56. The van der Waals surface area contributed by atoms with E-state index < -0.39 is 0 Å². The van der Waals surface area contributed by atoms with Crippen LogP contribution in [0.3, 0.4) is 0 Å². The molecular formula is C19H21N5OS. The minimum atomic E-state index is -0.105. The second-order valence-electron chi connectivity index (χ2n) is 6.13. The minimum absolute atomic E-state index is 0.105. The molecular weight excluding hydrogens is 346 g/mol. The fourth-order valence-corrected chi connectivity index (χ4v) is 3.46. The van der Waals surface area contributed by atoms with Gasteiger partial charge in [-0.15, -0.1) is 0 Å². The highest BCUT2D eigenvalue weighted by atomic mass is 32.2. The Hall–Kier alpha value is -2.67. The maximum atomic E-state index is 12.4. The molecule has 0 saturated heterocycles. The number of hydrogen-bond donors (Lipinski definition) is 1. The van der Waals surface area contributed by atoms with Gasteiger partial charge in [0.1, 0.15) is 0 Å². The summed E-state index contributed by atoms with van der Waals surface area (Å²) in [5.74, 6) is 0.140. The maximum Gasteiger partial charge on any atom is 0.234 e. The summed E-state index contributed by atoms with van der Waals surface area (Å²) in [6, 6.07) is 11.6. The van der Waals surface area contributed by atoms with Gasteiger partial charge in [0.2, 0.25) is 5.91 Å². The molecule has 1 N–H and O–H groups in total. The predicted molar refractivity (Wildman–Crippen MR) is 104 cm³/mol. The molecule has 0 unspecified atom stereocenters. The molecule has 2 aromatic heterocycles. The molecule has 1 amide bonds. The summed E-state index contributed by atoms with van der Waals surface area (Å²) in [5, 5.41) is 8.09. The van der Waals surface area contributed by atoms with Crippen molar-refractivity contribution in [2.45, 2.75) is 32.9 Å². The number of nitrogens with zero attached hydrogens (tertiary/aromatic N) is 4. The van der Waals surface area contributed by atoms with Crippen LogP contribution >= 0.6 is 11.8 Å². The zero-order valence-corrected chi connectivity index (χ0v) is 16.1. The van der Waals surface area contributed by atoms with E-state index in [-0.39, 0.29) is 11.7 Å². The van der Waals surface area contributed by atoms with E-state index in [0.717, 1.165) is 34.2 Å². The first-order valence-electron chi connectivity index (χ1n) is 8.30. The molecule has 0 spiro atoms. The molecule has 0 atom stereocenters. The number of carbonyl (C=O) groups is 1. The van der Waals surface area contributed by atoms with Gasteiger partial charge in [0.05, 0.1) is 22.8 Å². The van der Waals surface area contributed by atoms with E-state index in [2.05, 4.69) is 20.4 Å². The molecule has 3 aromatic rings. The monoisotopic (exact) mass is 367 g/mol. The summed E-state index contributed by atoms with van der Waals surface area (Å²) in [7, 11) is 0. The van der Waals surface area contributed by atoms with Crippen LogP contribution < -0.4 is 5.32 Å². The van der Waals surface area contributed by atoms with Gasteiger partial charge in [0, 0.05) is 17.1 Å². The largest absolute Gasteiger partial charge is 0.323 e. The molecule has 134 valence electrons. The summed E-state index contributed by atoms with van der Waals surface area (Å²) >= 11 is 1.33. The fourth-order valence-electron chi connectivity index (χ4n) is 2.71. The molecule has 26 heavy (non-hydrogen) atoms. The van der Waals surface area contributed by atoms with E-state index in [1.807, 2.05) is 68.8 Å². The Balaban J connectivity index is 1.73. The third kappa shape index (κ3) is 4.29. The zero-order valence-electron chi connectivity index (χ0n) is 15.3. The van der Waals surface area contributed by atoms with E-state index >= 15 is 0 Å². The van der Waals surface area contributed by atoms with Gasteiger partial charge in [-0.1, -0.05) is 23.9 Å². The number of anilines is 1. The molecule has 0 bridgehead atoms. The smallest absolute Gasteiger partial charge is 0.234 e. The average Bonchev–Trinajstić information content (AvgIpc) is 2.91. The number of para-hydroxylation sites is 2. The van der Waals surface area contributed by atoms with Crippen molar-refractivity contribution in [1.82, 2.24) is 19.7 Å². The summed E-state index contributed by atoms with van der Waals surface area (Å²) in [6.07, 6.45) is 0. The number of benzene rings is 1. The summed E-state index contributed by atoms with van der Waals surface area (Å²) in [6.45, 7) is 7.78. The van der Waals surface area contributed by atoms with Gasteiger partial charge in [-0.25, -0.2) is 14.6 Å². The number of nitrogens with one attached hydrogen (secondary N) is 1. The second-order valence-corrected chi connectivity index (χ2v) is 7.07. The number of carbonyl (C=O) groups excluding carboxylic acids is 1. The highest BCUT2D eigenvalue weighted by Crippen LogP contribution is 2.22. The van der Waals surface area contributed by atoms with Gasteiger partial charge in [0.15, 0.2) is 5.16 Å². The Morgan fingerprint density at radius 3 is 2.38 bits per heavy atom. The molecule has 0 aliphatic heterocycles. The number of rotatable bonds is 5. The molecule has 3 rings (SSSR count). The van der Waals surface area contributed by atoms with E-state index in [1.54, 1.807) is 0 Å². The van der Waals surface area contributed by atoms with Gasteiger partial charge in [-0.05, 0) is 52.0 Å². The van der Waals surface area contributed by atoms with Gasteiger partial charge in [0.25, 0.3) is 0 Å². The van der Waals surface area contributed by atoms with Crippen LogP contribution in [0.2, 0.25) is 0 Å². The lowest BCUT2D eigenvalue weighted by Gasteiger charge is -2.12. The molecule has 2 heterocycles. The third-order valence-electron chi connectivity index (χ3n) is 3.71. The number of hydrogen-bond acceptors (Lipinski definition) is 5. The molecule has 0 radical (unpaired) electrons. The van der Waals surface area contributed by atoms with Crippen molar-refractivity contribution in [3.8, 4) is 5.69 Å². The van der Waals surface area contributed by atoms with Crippen LogP contribution in [0, 0.1) is 27.7 Å². The lowest BCUT2D eigenvalue weighted by molar-refractivity contribution is -0.113. The summed E-state index contributed by atoms with van der Waals surface area (Å²) in [4.78, 5) is 21.1. The highest BCUT2D eigenvalue weighted by Gasteiger charge is 2.12. The van der Waals surface area contributed by atoms with Crippen molar-refractivity contribution in [2.24, 2.45) is 0 Å². The first-order valence-corrected chi connectivity index (χ1v) is 9.28. The van der Waals surface area contributed by atoms with E-state index in [9.17, 15) is 4.79 Å². The Kier molecular flexibility index (Phi) is 5.37. The van der Waals surface area contributed by atoms with Crippen molar-refractivity contribution in [1.29, 1.82) is 0 Å². The fraction of sp³-hybridized carbons (Fsp3) is 0.263. The standard InChI is InChI=1S/C19H21N5OS/c1-12-9-13(2)21-19(20-12)26-11-18(25)22-16-7-5-6-8-17(16)24-15(4)10-14(3)23-24/h5-10H,11H2,1-4H3,(H,22,25). The quantitative estimate of drug-likeness (QED) is 0.551. The Labute approximate surface area is 157 Å². The van der Waals surface area contributed by atoms with Crippen LogP contribution in [0.5, 0.6) is 0 Å². The predicted octanol–water partition coefficient (Wildman–Crippen LogP) is 3.63. The maximum absolute atomic E-state index is 12.4. The lowest BCUT2D eigenvalue weighted by atomic mass is 10.2. The van der Waals surface area contributed by atoms with Crippen LogP contribution in [-0.2, 0) is 4.79 Å². The van der Waals surface area contributed by atoms with Crippen LogP contribution in [0.25, 0.3) is 5.69 Å². The topological polar surface area (TPSA) is 72.7 Å². The molecule has 7 heteroatoms. The highest BCUT2D eigenvalue weighted by molar-refractivity contribution is 7.99. The number of aryl methyl sites for hydroxylation is 4. The Bertz CT molecular complexity index is 931. The Morgan fingerprint density at radius 1 is 1.04 bits per heavy atom. The SMILES string of the molecule is Cc1cc(C)nc(SCC(=O)Nc2ccccc2-n2nc(C)cc2C)n1. The van der Waals surface area contributed by atoms with E-state index in [0.29, 0.717) is 5.16 Å². The normalized spacial score (nSPS) is 10.8. The van der Waals surface area contributed by atoms with Crippen LogP contribution in [0.4, 0.5) is 5.69 Å². The molecule has 6 nitrogen and oxygen atoms in total. The molecule has 0 fully saturated rings. The Morgan fingerprint density at radius 2 is 1.73 bits per heavy atom. The van der Waals surface area contributed by atoms with Crippen molar-refractivity contribution in [3.63, 3.8) is 0 Å². The number of amides is 1. The second kappa shape index (κ2) is 7.70. The molecule has 1 aromatic carbocycles. The van der Waals surface area contributed by atoms with Crippen molar-refractivity contribution in [3.05, 3.63) is 59.2 Å². The summed E-state index contributed by atoms with van der Waals surface area (Å²) < 4.78 is 1.84. The van der Waals surface area contributed by atoms with Gasteiger partial charge >= 0.3 is 0 Å². The lowest BCUT2D eigenvalue weighted by Crippen LogP contribution is -2.16. The van der Waals surface area contributed by atoms with Gasteiger partial charge in [-0.3, -0.25) is 4.79 Å².